The highest BCUT2D eigenvalue weighted by Crippen LogP contribution is 2.24. The first kappa shape index (κ1) is 20.9. The van der Waals surface area contributed by atoms with E-state index < -0.39 is 9.84 Å². The number of hydrogen-bond donors (Lipinski definition) is 0. The normalized spacial score (nSPS) is 18.5. The molecule has 1 fully saturated rings. The van der Waals surface area contributed by atoms with Crippen LogP contribution in [0.15, 0.2) is 41.8 Å². The Labute approximate surface area is 171 Å². The summed E-state index contributed by atoms with van der Waals surface area (Å²) < 4.78 is 25.7. The summed E-state index contributed by atoms with van der Waals surface area (Å²) in [6.45, 7) is 6.70. The quantitative estimate of drug-likeness (QED) is 0.643. The molecule has 0 aliphatic carbocycles. The van der Waals surface area contributed by atoms with Crippen LogP contribution in [-0.2, 0) is 14.6 Å². The van der Waals surface area contributed by atoms with E-state index in [1.807, 2.05) is 49.7 Å². The minimum absolute atomic E-state index is 0.0282. The van der Waals surface area contributed by atoms with Crippen LogP contribution in [0.3, 0.4) is 0 Å². The molecule has 0 radical (unpaired) electrons. The van der Waals surface area contributed by atoms with Crippen LogP contribution in [0, 0.1) is 12.8 Å². The average molecular weight is 422 g/mol. The van der Waals surface area contributed by atoms with Gasteiger partial charge < -0.3 is 4.90 Å². The largest absolute Gasteiger partial charge is 0.338 e. The van der Waals surface area contributed by atoms with Crippen molar-refractivity contribution in [2.24, 2.45) is 5.92 Å². The fraction of sp³-hybridized carbons (Fsp3) is 0.500. The summed E-state index contributed by atoms with van der Waals surface area (Å²) in [5.41, 5.74) is 2.16. The summed E-state index contributed by atoms with van der Waals surface area (Å²) >= 11 is 1.39. The van der Waals surface area contributed by atoms with Gasteiger partial charge in [0.15, 0.2) is 15.0 Å². The highest BCUT2D eigenvalue weighted by Gasteiger charge is 2.34. The van der Waals surface area contributed by atoms with Crippen molar-refractivity contribution in [1.29, 1.82) is 0 Å². The van der Waals surface area contributed by atoms with Gasteiger partial charge in [0.2, 0.25) is 5.91 Å². The van der Waals surface area contributed by atoms with E-state index in [2.05, 4.69) is 11.1 Å². The van der Waals surface area contributed by atoms with Gasteiger partial charge in [-0.2, -0.15) is 0 Å². The lowest BCUT2D eigenvalue weighted by molar-refractivity contribution is -0.130. The van der Waals surface area contributed by atoms with Crippen molar-refractivity contribution < 1.29 is 13.2 Å². The number of hydrogen-bond acceptors (Lipinski definition) is 5. The van der Waals surface area contributed by atoms with Crippen LogP contribution < -0.4 is 0 Å². The highest BCUT2D eigenvalue weighted by atomic mass is 32.2. The van der Waals surface area contributed by atoms with Crippen LogP contribution in [0.4, 0.5) is 0 Å². The molecule has 1 amide bonds. The summed E-state index contributed by atoms with van der Waals surface area (Å²) in [5, 5.41) is 0.752. The van der Waals surface area contributed by atoms with Gasteiger partial charge in [0.25, 0.3) is 0 Å². The topological polar surface area (TPSA) is 72.3 Å². The zero-order chi connectivity index (χ0) is 20.3. The molecule has 0 spiro atoms. The zero-order valence-corrected chi connectivity index (χ0v) is 18.2. The number of imidazole rings is 1. The van der Waals surface area contributed by atoms with Crippen molar-refractivity contribution in [3.8, 4) is 5.69 Å². The van der Waals surface area contributed by atoms with Crippen LogP contribution in [0.1, 0.15) is 25.8 Å². The molecule has 2 aromatic rings. The predicted molar refractivity (Wildman–Crippen MR) is 113 cm³/mol. The van der Waals surface area contributed by atoms with Gasteiger partial charge in [0.05, 0.1) is 17.3 Å². The third kappa shape index (κ3) is 5.17. The van der Waals surface area contributed by atoms with Gasteiger partial charge in [-0.3, -0.25) is 9.36 Å². The summed E-state index contributed by atoms with van der Waals surface area (Å²) in [6, 6.07) is 7.90. The molecule has 8 heteroatoms. The lowest BCUT2D eigenvalue weighted by atomic mass is 10.1. The van der Waals surface area contributed by atoms with Gasteiger partial charge in [-0.15, -0.1) is 0 Å². The standard InChI is InChI=1S/C20H27N3O3S2/c1-15(2)12-23(18-7-10-28(25,26)14-18)19(24)13-27-20-21-8-9-22(20)17-6-4-5-16(3)11-17/h4-6,8-9,11,15,18H,7,10,12-14H2,1-3H3. The molecule has 0 N–H and O–H groups in total. The number of aryl methyl sites for hydroxylation is 1. The minimum atomic E-state index is -3.03. The minimum Gasteiger partial charge on any atom is -0.338 e. The van der Waals surface area contributed by atoms with Gasteiger partial charge in [-0.05, 0) is 37.0 Å². The van der Waals surface area contributed by atoms with Gasteiger partial charge in [-0.25, -0.2) is 13.4 Å². The molecular formula is C20H27N3O3S2. The van der Waals surface area contributed by atoms with Crippen LogP contribution in [0.2, 0.25) is 0 Å². The SMILES string of the molecule is Cc1cccc(-n2ccnc2SCC(=O)N(CC(C)C)C2CCS(=O)(=O)C2)c1. The Morgan fingerprint density at radius 2 is 2.18 bits per heavy atom. The number of thioether (sulfide) groups is 1. The molecule has 1 aliphatic heterocycles. The van der Waals surface area contributed by atoms with Gasteiger partial charge in [0, 0.05) is 30.7 Å². The Bertz CT molecular complexity index is 938. The Kier molecular flexibility index (Phi) is 6.50. The number of amides is 1. The number of aromatic nitrogens is 2. The molecule has 28 heavy (non-hydrogen) atoms. The van der Waals surface area contributed by atoms with Gasteiger partial charge in [0.1, 0.15) is 0 Å². The monoisotopic (exact) mass is 421 g/mol. The van der Waals surface area contributed by atoms with Gasteiger partial charge in [-0.1, -0.05) is 37.7 Å². The zero-order valence-electron chi connectivity index (χ0n) is 16.5. The van der Waals surface area contributed by atoms with Crippen LogP contribution in [-0.4, -0.2) is 58.6 Å². The van der Waals surface area contributed by atoms with E-state index >= 15 is 0 Å². The van der Waals surface area contributed by atoms with Crippen molar-refractivity contribution >= 4 is 27.5 Å². The number of benzene rings is 1. The summed E-state index contributed by atoms with van der Waals surface area (Å²) in [6.07, 6.45) is 4.14. The second-order valence-corrected chi connectivity index (χ2v) is 10.9. The number of nitrogens with zero attached hydrogens (tertiary/aromatic N) is 3. The Balaban J connectivity index is 1.71. The fourth-order valence-electron chi connectivity index (χ4n) is 3.45. The van der Waals surface area contributed by atoms with E-state index in [4.69, 9.17) is 0 Å². The average Bonchev–Trinajstić information content (AvgIpc) is 3.23. The van der Waals surface area contributed by atoms with Crippen molar-refractivity contribution in [2.75, 3.05) is 23.8 Å². The van der Waals surface area contributed by atoms with E-state index in [-0.39, 0.29) is 35.1 Å². The number of carbonyl (C=O) groups is 1. The van der Waals surface area contributed by atoms with Crippen LogP contribution >= 0.6 is 11.8 Å². The molecule has 1 saturated heterocycles. The van der Waals surface area contributed by atoms with E-state index in [0.717, 1.165) is 16.4 Å². The molecule has 1 aromatic heterocycles. The second-order valence-electron chi connectivity index (χ2n) is 7.70. The van der Waals surface area contributed by atoms with Gasteiger partial charge >= 0.3 is 0 Å². The molecule has 2 heterocycles. The first-order valence-electron chi connectivity index (χ1n) is 9.48. The maximum Gasteiger partial charge on any atom is 0.233 e. The highest BCUT2D eigenvalue weighted by molar-refractivity contribution is 7.99. The Hall–Kier alpha value is -1.80. The molecule has 1 aromatic carbocycles. The van der Waals surface area contributed by atoms with E-state index in [1.54, 1.807) is 11.1 Å². The Morgan fingerprint density at radius 1 is 1.39 bits per heavy atom. The van der Waals surface area contributed by atoms with E-state index in [0.29, 0.717) is 13.0 Å². The third-order valence-corrected chi connectivity index (χ3v) is 7.44. The molecule has 1 aliphatic rings. The number of sulfone groups is 1. The lowest BCUT2D eigenvalue weighted by Crippen LogP contribution is -2.44. The molecule has 6 nitrogen and oxygen atoms in total. The predicted octanol–water partition coefficient (Wildman–Crippen LogP) is 2.94. The lowest BCUT2D eigenvalue weighted by Gasteiger charge is -2.30. The Morgan fingerprint density at radius 3 is 2.82 bits per heavy atom. The third-order valence-electron chi connectivity index (χ3n) is 4.74. The van der Waals surface area contributed by atoms with Crippen molar-refractivity contribution in [3.05, 3.63) is 42.2 Å². The summed E-state index contributed by atoms with van der Waals surface area (Å²) in [5.74, 6) is 0.746. The molecule has 3 rings (SSSR count). The van der Waals surface area contributed by atoms with Crippen molar-refractivity contribution in [3.63, 3.8) is 0 Å². The van der Waals surface area contributed by atoms with E-state index in [9.17, 15) is 13.2 Å². The summed E-state index contributed by atoms with van der Waals surface area (Å²) in [4.78, 5) is 19.1. The molecule has 1 atom stereocenters. The second kappa shape index (κ2) is 8.69. The molecule has 152 valence electrons. The summed E-state index contributed by atoms with van der Waals surface area (Å²) in [7, 11) is -3.03. The maximum absolute atomic E-state index is 12.9. The molecule has 0 bridgehead atoms. The van der Waals surface area contributed by atoms with E-state index in [1.165, 1.54) is 11.8 Å². The molecule has 1 unspecified atom stereocenters. The number of carbonyl (C=O) groups excluding carboxylic acids is 1. The molecular weight excluding hydrogens is 394 g/mol. The van der Waals surface area contributed by atoms with Crippen molar-refractivity contribution in [2.45, 2.75) is 38.4 Å². The van der Waals surface area contributed by atoms with Crippen LogP contribution in [0.5, 0.6) is 0 Å². The fourth-order valence-corrected chi connectivity index (χ4v) is 6.04. The first-order chi connectivity index (χ1) is 13.2. The van der Waals surface area contributed by atoms with Crippen molar-refractivity contribution in [1.82, 2.24) is 14.5 Å². The van der Waals surface area contributed by atoms with Crippen LogP contribution in [0.25, 0.3) is 5.69 Å². The maximum atomic E-state index is 12.9. The first-order valence-corrected chi connectivity index (χ1v) is 12.3. The smallest absolute Gasteiger partial charge is 0.233 e. The molecule has 0 saturated carbocycles. The number of rotatable bonds is 7.